The molecule has 88 valence electrons. The van der Waals surface area contributed by atoms with Gasteiger partial charge in [0.25, 0.3) is 0 Å². The van der Waals surface area contributed by atoms with Crippen LogP contribution in [0.4, 0.5) is 0 Å². The highest BCUT2D eigenvalue weighted by Crippen LogP contribution is 2.29. The lowest BCUT2D eigenvalue weighted by Gasteiger charge is -2.30. The summed E-state index contributed by atoms with van der Waals surface area (Å²) in [6.07, 6.45) is 0. The highest BCUT2D eigenvalue weighted by molar-refractivity contribution is 5.95. The largest absolute Gasteiger partial charge is 0.327 e. The molecule has 1 aromatic rings. The van der Waals surface area contributed by atoms with Gasteiger partial charge in [-0.2, -0.15) is 0 Å². The van der Waals surface area contributed by atoms with Gasteiger partial charge in [-0.15, -0.1) is 0 Å². The summed E-state index contributed by atoms with van der Waals surface area (Å²) in [4.78, 5) is 11.5. The minimum atomic E-state index is -1.33. The maximum Gasteiger partial charge on any atom is 0.311 e. The van der Waals surface area contributed by atoms with Crippen molar-refractivity contribution in [3.8, 4) is 0 Å². The zero-order valence-corrected chi connectivity index (χ0v) is 9.94. The maximum absolute atomic E-state index is 11.5. The van der Waals surface area contributed by atoms with Crippen LogP contribution < -0.4 is 0 Å². The van der Waals surface area contributed by atoms with Gasteiger partial charge in [-0.1, -0.05) is 24.3 Å². The second kappa shape index (κ2) is 5.21. The molecule has 0 aliphatic rings. The third kappa shape index (κ3) is 2.14. The van der Waals surface area contributed by atoms with Crippen LogP contribution in [0.3, 0.4) is 0 Å². The molecular weight excluding hydrogens is 208 g/mol. The van der Waals surface area contributed by atoms with E-state index in [4.69, 9.17) is 14.2 Å². The van der Waals surface area contributed by atoms with Crippen LogP contribution in [0.1, 0.15) is 22.8 Å². The number of methoxy groups -OCH3 is 3. The van der Waals surface area contributed by atoms with Gasteiger partial charge in [-0.25, -0.2) is 0 Å². The first-order valence-electron chi connectivity index (χ1n) is 4.87. The number of hydrogen-bond acceptors (Lipinski definition) is 4. The van der Waals surface area contributed by atoms with Crippen LogP contribution in [-0.2, 0) is 20.2 Å². The molecule has 0 unspecified atom stereocenters. The summed E-state index contributed by atoms with van der Waals surface area (Å²) >= 11 is 0. The Labute approximate surface area is 95.1 Å². The zero-order valence-electron chi connectivity index (χ0n) is 9.94. The van der Waals surface area contributed by atoms with E-state index in [1.165, 1.54) is 28.3 Å². The molecule has 1 aromatic carbocycles. The van der Waals surface area contributed by atoms with Gasteiger partial charge >= 0.3 is 5.97 Å². The zero-order chi connectivity index (χ0) is 12.2. The first kappa shape index (κ1) is 12.8. The van der Waals surface area contributed by atoms with Gasteiger partial charge in [-0.05, 0) is 6.92 Å². The number of carbonyl (C=O) groups excluding carboxylic acids is 1. The Balaban J connectivity index is 3.34. The van der Waals surface area contributed by atoms with Crippen molar-refractivity contribution in [2.24, 2.45) is 0 Å². The van der Waals surface area contributed by atoms with Crippen molar-refractivity contribution in [2.45, 2.75) is 12.9 Å². The molecule has 0 N–H and O–H groups in total. The van der Waals surface area contributed by atoms with Gasteiger partial charge in [0.05, 0.1) is 5.56 Å². The normalized spacial score (nSPS) is 11.5. The average Bonchev–Trinajstić information content (AvgIpc) is 2.32. The number of ether oxygens (including phenoxy) is 3. The van der Waals surface area contributed by atoms with Crippen molar-refractivity contribution >= 4 is 5.78 Å². The monoisotopic (exact) mass is 224 g/mol. The number of Topliss-reactive ketones (excluding diaryl/α,β-unsaturated/α-hetero) is 1. The van der Waals surface area contributed by atoms with Crippen LogP contribution in [0, 0.1) is 0 Å². The highest BCUT2D eigenvalue weighted by Gasteiger charge is 2.35. The molecule has 0 amide bonds. The minimum Gasteiger partial charge on any atom is -0.327 e. The summed E-state index contributed by atoms with van der Waals surface area (Å²) in [6, 6.07) is 7.04. The van der Waals surface area contributed by atoms with Crippen molar-refractivity contribution in [1.82, 2.24) is 0 Å². The molecule has 1 rings (SSSR count). The highest BCUT2D eigenvalue weighted by atomic mass is 16.9. The number of benzene rings is 1. The van der Waals surface area contributed by atoms with E-state index in [-0.39, 0.29) is 5.78 Å². The molecule has 0 fully saturated rings. The van der Waals surface area contributed by atoms with E-state index >= 15 is 0 Å². The smallest absolute Gasteiger partial charge is 0.311 e. The number of rotatable bonds is 5. The van der Waals surface area contributed by atoms with E-state index < -0.39 is 5.97 Å². The maximum atomic E-state index is 11.5. The molecule has 4 nitrogen and oxygen atoms in total. The molecule has 0 spiro atoms. The van der Waals surface area contributed by atoms with Crippen LogP contribution in [0.25, 0.3) is 0 Å². The van der Waals surface area contributed by atoms with Crippen LogP contribution in [-0.4, -0.2) is 27.1 Å². The Hall–Kier alpha value is -1.23. The molecule has 0 atom stereocenters. The molecule has 16 heavy (non-hydrogen) atoms. The van der Waals surface area contributed by atoms with Crippen molar-refractivity contribution in [1.29, 1.82) is 0 Å². The van der Waals surface area contributed by atoms with E-state index in [9.17, 15) is 4.79 Å². The first-order valence-corrected chi connectivity index (χ1v) is 4.87. The predicted molar refractivity (Wildman–Crippen MR) is 59.2 cm³/mol. The van der Waals surface area contributed by atoms with Crippen molar-refractivity contribution < 1.29 is 19.0 Å². The quantitative estimate of drug-likeness (QED) is 0.566. The molecular formula is C12H16O4. The molecule has 4 heteroatoms. The van der Waals surface area contributed by atoms with Crippen LogP contribution in [0.15, 0.2) is 24.3 Å². The summed E-state index contributed by atoms with van der Waals surface area (Å²) in [7, 11) is 4.39. The van der Waals surface area contributed by atoms with Crippen molar-refractivity contribution in [3.05, 3.63) is 35.4 Å². The second-order valence-electron chi connectivity index (χ2n) is 3.27. The Morgan fingerprint density at radius 3 is 2.00 bits per heavy atom. The molecule has 0 bridgehead atoms. The summed E-state index contributed by atoms with van der Waals surface area (Å²) in [5.41, 5.74) is 1.09. The van der Waals surface area contributed by atoms with E-state index in [1.807, 2.05) is 0 Å². The lowest BCUT2D eigenvalue weighted by Crippen LogP contribution is -2.34. The van der Waals surface area contributed by atoms with Gasteiger partial charge < -0.3 is 14.2 Å². The molecule has 0 aliphatic carbocycles. The van der Waals surface area contributed by atoms with E-state index in [2.05, 4.69) is 0 Å². The molecule has 0 aliphatic heterocycles. The second-order valence-corrected chi connectivity index (χ2v) is 3.27. The number of ketones is 1. The Kier molecular flexibility index (Phi) is 4.18. The molecule has 0 heterocycles. The lowest BCUT2D eigenvalue weighted by atomic mass is 10.0. The van der Waals surface area contributed by atoms with Gasteiger partial charge in [0, 0.05) is 26.9 Å². The summed E-state index contributed by atoms with van der Waals surface area (Å²) in [5, 5.41) is 0. The topological polar surface area (TPSA) is 44.8 Å². The fourth-order valence-electron chi connectivity index (χ4n) is 1.64. The summed E-state index contributed by atoms with van der Waals surface area (Å²) < 4.78 is 15.6. The Morgan fingerprint density at radius 1 is 1.06 bits per heavy atom. The van der Waals surface area contributed by atoms with Gasteiger partial charge in [0.15, 0.2) is 5.78 Å². The van der Waals surface area contributed by atoms with Crippen LogP contribution in [0.5, 0.6) is 0 Å². The van der Waals surface area contributed by atoms with Gasteiger partial charge in [0.1, 0.15) is 0 Å². The fraction of sp³-hybridized carbons (Fsp3) is 0.417. The summed E-state index contributed by atoms with van der Waals surface area (Å²) in [5.74, 6) is -1.39. The van der Waals surface area contributed by atoms with Crippen molar-refractivity contribution in [2.75, 3.05) is 21.3 Å². The standard InChI is InChI=1S/C12H16O4/c1-9(13)10-7-5-6-8-11(10)12(14-2,15-3)16-4/h5-8H,1-4H3. The molecule has 0 aromatic heterocycles. The van der Waals surface area contributed by atoms with Crippen LogP contribution >= 0.6 is 0 Å². The SMILES string of the molecule is COC(OC)(OC)c1ccccc1C(C)=O. The van der Waals surface area contributed by atoms with E-state index in [0.29, 0.717) is 11.1 Å². The average molecular weight is 224 g/mol. The van der Waals surface area contributed by atoms with Gasteiger partial charge in [0.2, 0.25) is 0 Å². The predicted octanol–water partition coefficient (Wildman–Crippen LogP) is 1.94. The van der Waals surface area contributed by atoms with Gasteiger partial charge in [-0.3, -0.25) is 4.79 Å². The third-order valence-corrected chi connectivity index (χ3v) is 2.44. The number of carbonyl (C=O) groups is 1. The minimum absolute atomic E-state index is 0.0638. The Morgan fingerprint density at radius 2 is 1.56 bits per heavy atom. The molecule has 0 saturated carbocycles. The summed E-state index contributed by atoms with van der Waals surface area (Å²) in [6.45, 7) is 1.49. The van der Waals surface area contributed by atoms with E-state index in [0.717, 1.165) is 0 Å². The van der Waals surface area contributed by atoms with Crippen LogP contribution in [0.2, 0.25) is 0 Å². The lowest BCUT2D eigenvalue weighted by molar-refractivity contribution is -0.364. The molecule has 0 radical (unpaired) electrons. The van der Waals surface area contributed by atoms with E-state index in [1.54, 1.807) is 24.3 Å². The number of hydrogen-bond donors (Lipinski definition) is 0. The first-order chi connectivity index (χ1) is 7.61. The Bertz CT molecular complexity index is 361. The molecule has 0 saturated heterocycles. The third-order valence-electron chi connectivity index (χ3n) is 2.44. The fourth-order valence-corrected chi connectivity index (χ4v) is 1.64. The van der Waals surface area contributed by atoms with Crippen molar-refractivity contribution in [3.63, 3.8) is 0 Å².